The molecule has 0 radical (unpaired) electrons. The van der Waals surface area contributed by atoms with E-state index in [1.807, 2.05) is 6.92 Å². The Kier molecular flexibility index (Phi) is 4.73. The maximum absolute atomic E-state index is 12.3. The molecular weight excluding hydrogens is 328 g/mol. The first-order valence-corrected chi connectivity index (χ1v) is 8.74. The third-order valence-electron chi connectivity index (χ3n) is 4.22. The molecule has 7 heteroatoms. The van der Waals surface area contributed by atoms with Gasteiger partial charge in [0, 0.05) is 6.54 Å². The minimum Gasteiger partial charge on any atom is -0.459 e. The number of hydrogen-bond donors (Lipinski definition) is 3. The maximum atomic E-state index is 12.3. The van der Waals surface area contributed by atoms with Crippen LogP contribution in [0.25, 0.3) is 0 Å². The van der Waals surface area contributed by atoms with Crippen molar-refractivity contribution >= 4 is 28.2 Å². The molecule has 3 rings (SSSR count). The lowest BCUT2D eigenvalue weighted by molar-refractivity contribution is 0.0450. The van der Waals surface area contributed by atoms with E-state index in [1.165, 1.54) is 17.6 Å². The average molecular weight is 348 g/mol. The zero-order valence-corrected chi connectivity index (χ0v) is 14.2. The molecule has 2 heterocycles. The van der Waals surface area contributed by atoms with Gasteiger partial charge in [0.1, 0.15) is 0 Å². The third kappa shape index (κ3) is 3.68. The fourth-order valence-electron chi connectivity index (χ4n) is 2.89. The summed E-state index contributed by atoms with van der Waals surface area (Å²) in [4.78, 5) is 24.9. The van der Waals surface area contributed by atoms with Crippen LogP contribution >= 0.6 is 11.3 Å². The molecule has 0 atom stereocenters. The van der Waals surface area contributed by atoms with Crippen molar-refractivity contribution in [3.8, 4) is 0 Å². The van der Waals surface area contributed by atoms with E-state index in [4.69, 9.17) is 4.42 Å². The highest BCUT2D eigenvalue weighted by Gasteiger charge is 2.31. The standard InChI is InChI=1S/C17H20N2O4S/c1-11-9-13(19-15(20)12-5-4-8-23-12)24-14(11)16(21)18-10-17(22)6-2-3-7-17/h4-5,8-9,22H,2-3,6-7,10H2,1H3,(H,18,21)(H,19,20). The predicted octanol–water partition coefficient (Wildman–Crippen LogP) is 2.94. The number of carbonyl (C=O) groups is 2. The average Bonchev–Trinajstić information content (AvgIpc) is 3.27. The highest BCUT2D eigenvalue weighted by Crippen LogP contribution is 2.30. The van der Waals surface area contributed by atoms with Crippen molar-refractivity contribution in [3.63, 3.8) is 0 Å². The molecule has 0 spiro atoms. The third-order valence-corrected chi connectivity index (χ3v) is 5.37. The van der Waals surface area contributed by atoms with Gasteiger partial charge in [-0.15, -0.1) is 11.3 Å². The van der Waals surface area contributed by atoms with Crippen LogP contribution in [0, 0.1) is 6.92 Å². The largest absolute Gasteiger partial charge is 0.459 e. The lowest BCUT2D eigenvalue weighted by Gasteiger charge is -2.22. The summed E-state index contributed by atoms with van der Waals surface area (Å²) >= 11 is 1.21. The zero-order chi connectivity index (χ0) is 17.2. The molecule has 2 amide bonds. The van der Waals surface area contributed by atoms with Crippen LogP contribution in [0.3, 0.4) is 0 Å². The second kappa shape index (κ2) is 6.78. The number of anilines is 1. The smallest absolute Gasteiger partial charge is 0.291 e. The van der Waals surface area contributed by atoms with E-state index in [9.17, 15) is 14.7 Å². The summed E-state index contributed by atoms with van der Waals surface area (Å²) in [6, 6.07) is 4.97. The van der Waals surface area contributed by atoms with Crippen LogP contribution in [-0.2, 0) is 0 Å². The zero-order valence-electron chi connectivity index (χ0n) is 13.4. The molecule has 1 aliphatic carbocycles. The number of aliphatic hydroxyl groups is 1. The molecule has 3 N–H and O–H groups in total. The summed E-state index contributed by atoms with van der Waals surface area (Å²) in [6.07, 6.45) is 4.87. The molecule has 0 aliphatic heterocycles. The van der Waals surface area contributed by atoms with E-state index in [0.717, 1.165) is 31.2 Å². The van der Waals surface area contributed by atoms with E-state index in [0.29, 0.717) is 9.88 Å². The van der Waals surface area contributed by atoms with Crippen LogP contribution in [0.5, 0.6) is 0 Å². The number of aryl methyl sites for hydroxylation is 1. The second-order valence-corrected chi connectivity index (χ2v) is 7.22. The van der Waals surface area contributed by atoms with Gasteiger partial charge in [0.15, 0.2) is 5.76 Å². The van der Waals surface area contributed by atoms with E-state index in [2.05, 4.69) is 10.6 Å². The Hall–Kier alpha value is -2.12. The van der Waals surface area contributed by atoms with Crippen molar-refractivity contribution in [1.29, 1.82) is 0 Å². The number of carbonyl (C=O) groups excluding carboxylic acids is 2. The van der Waals surface area contributed by atoms with Crippen LogP contribution in [-0.4, -0.2) is 29.1 Å². The summed E-state index contributed by atoms with van der Waals surface area (Å²) in [5, 5.41) is 16.4. The Bertz CT molecular complexity index is 730. The molecule has 0 unspecified atom stereocenters. The molecule has 2 aromatic heterocycles. The Morgan fingerprint density at radius 2 is 2.08 bits per heavy atom. The molecule has 0 aromatic carbocycles. The minimum atomic E-state index is -0.781. The number of nitrogens with one attached hydrogen (secondary N) is 2. The van der Waals surface area contributed by atoms with Gasteiger partial charge in [-0.25, -0.2) is 0 Å². The number of thiophene rings is 1. The quantitative estimate of drug-likeness (QED) is 0.775. The topological polar surface area (TPSA) is 91.6 Å². The molecule has 0 saturated heterocycles. The first kappa shape index (κ1) is 16.7. The normalized spacial score (nSPS) is 16.1. The first-order valence-electron chi connectivity index (χ1n) is 7.93. The van der Waals surface area contributed by atoms with E-state index < -0.39 is 5.60 Å². The lowest BCUT2D eigenvalue weighted by Crippen LogP contribution is -2.40. The van der Waals surface area contributed by atoms with Gasteiger partial charge in [-0.3, -0.25) is 9.59 Å². The second-order valence-electron chi connectivity index (χ2n) is 6.17. The molecule has 2 aromatic rings. The molecule has 24 heavy (non-hydrogen) atoms. The number of furan rings is 1. The van der Waals surface area contributed by atoms with Gasteiger partial charge in [-0.1, -0.05) is 12.8 Å². The Morgan fingerprint density at radius 3 is 2.75 bits per heavy atom. The van der Waals surface area contributed by atoms with Crippen molar-refractivity contribution in [3.05, 3.63) is 40.7 Å². The summed E-state index contributed by atoms with van der Waals surface area (Å²) in [6.45, 7) is 2.08. The molecule has 1 saturated carbocycles. The van der Waals surface area contributed by atoms with Crippen molar-refractivity contribution in [2.24, 2.45) is 0 Å². The van der Waals surface area contributed by atoms with E-state index >= 15 is 0 Å². The van der Waals surface area contributed by atoms with Crippen LogP contribution in [0.15, 0.2) is 28.9 Å². The van der Waals surface area contributed by atoms with Gasteiger partial charge in [-0.05, 0) is 43.5 Å². The molecule has 128 valence electrons. The van der Waals surface area contributed by atoms with Crippen molar-refractivity contribution in [2.75, 3.05) is 11.9 Å². The number of amides is 2. The Balaban J connectivity index is 1.62. The fraction of sp³-hybridized carbons (Fsp3) is 0.412. The van der Waals surface area contributed by atoms with E-state index in [1.54, 1.807) is 18.2 Å². The maximum Gasteiger partial charge on any atom is 0.291 e. The van der Waals surface area contributed by atoms with Gasteiger partial charge in [0.05, 0.1) is 21.7 Å². The SMILES string of the molecule is Cc1cc(NC(=O)c2ccco2)sc1C(=O)NCC1(O)CCCC1. The fourth-order valence-corrected chi connectivity index (χ4v) is 3.87. The minimum absolute atomic E-state index is 0.218. The van der Waals surface area contributed by atoms with Crippen LogP contribution in [0.2, 0.25) is 0 Å². The van der Waals surface area contributed by atoms with Gasteiger partial charge in [0.2, 0.25) is 0 Å². The Labute approximate surface area is 143 Å². The van der Waals surface area contributed by atoms with Gasteiger partial charge in [-0.2, -0.15) is 0 Å². The molecular formula is C17H20N2O4S. The molecule has 6 nitrogen and oxygen atoms in total. The molecule has 1 fully saturated rings. The lowest BCUT2D eigenvalue weighted by atomic mass is 10.0. The Morgan fingerprint density at radius 1 is 1.33 bits per heavy atom. The molecule has 0 bridgehead atoms. The summed E-state index contributed by atoms with van der Waals surface area (Å²) in [5.41, 5.74) is 0.00242. The van der Waals surface area contributed by atoms with Gasteiger partial charge in [0.25, 0.3) is 11.8 Å². The van der Waals surface area contributed by atoms with Crippen LogP contribution in [0.1, 0.15) is 51.5 Å². The first-order chi connectivity index (χ1) is 11.5. The summed E-state index contributed by atoms with van der Waals surface area (Å²) in [7, 11) is 0. The number of rotatable bonds is 5. The van der Waals surface area contributed by atoms with Crippen LogP contribution < -0.4 is 10.6 Å². The van der Waals surface area contributed by atoms with Crippen LogP contribution in [0.4, 0.5) is 5.00 Å². The van der Waals surface area contributed by atoms with Gasteiger partial charge >= 0.3 is 0 Å². The molecule has 1 aliphatic rings. The predicted molar refractivity (Wildman–Crippen MR) is 91.5 cm³/mol. The number of hydrogen-bond acceptors (Lipinski definition) is 5. The highest BCUT2D eigenvalue weighted by molar-refractivity contribution is 7.18. The monoisotopic (exact) mass is 348 g/mol. The van der Waals surface area contributed by atoms with Crippen molar-refractivity contribution < 1.29 is 19.1 Å². The van der Waals surface area contributed by atoms with Crippen molar-refractivity contribution in [1.82, 2.24) is 5.32 Å². The van der Waals surface area contributed by atoms with Gasteiger partial charge < -0.3 is 20.2 Å². The summed E-state index contributed by atoms with van der Waals surface area (Å²) in [5.74, 6) is -0.361. The van der Waals surface area contributed by atoms with E-state index in [-0.39, 0.29) is 24.1 Å². The van der Waals surface area contributed by atoms with Crippen molar-refractivity contribution in [2.45, 2.75) is 38.2 Å². The highest BCUT2D eigenvalue weighted by atomic mass is 32.1. The summed E-state index contributed by atoms with van der Waals surface area (Å²) < 4.78 is 5.04.